The fourth-order valence-electron chi connectivity index (χ4n) is 3.04. The number of aromatic nitrogens is 2. The topological polar surface area (TPSA) is 121 Å². The average Bonchev–Trinajstić information content (AvgIpc) is 3.10. The molecule has 1 aliphatic heterocycles. The number of hydrazine groups is 1. The summed E-state index contributed by atoms with van der Waals surface area (Å²) < 4.78 is 27.4. The summed E-state index contributed by atoms with van der Waals surface area (Å²) in [5.74, 6) is 4.55. The molecule has 1 aliphatic rings. The second kappa shape index (κ2) is 5.97. The second-order valence-electron chi connectivity index (χ2n) is 5.74. The van der Waals surface area contributed by atoms with Gasteiger partial charge in [0.05, 0.1) is 10.6 Å². The number of nitrogens with two attached hydrogens (primary N) is 1. The number of anilines is 1. The van der Waals surface area contributed by atoms with Crippen LogP contribution in [-0.4, -0.2) is 31.1 Å². The van der Waals surface area contributed by atoms with Gasteiger partial charge in [0.2, 0.25) is 0 Å². The molecule has 0 aliphatic carbocycles. The van der Waals surface area contributed by atoms with Crippen molar-refractivity contribution in [2.45, 2.75) is 4.90 Å². The first kappa shape index (κ1) is 16.3. The summed E-state index contributed by atoms with van der Waals surface area (Å²) in [6.45, 7) is -0.445. The lowest BCUT2D eigenvalue weighted by Gasteiger charge is -2.29. The molecule has 4 N–H and O–H groups in total. The third kappa shape index (κ3) is 2.37. The van der Waals surface area contributed by atoms with Gasteiger partial charge in [0.1, 0.15) is 17.9 Å². The maximum Gasteiger partial charge on any atom is 0.265 e. The second-order valence-corrected chi connectivity index (χ2v) is 7.57. The van der Waals surface area contributed by atoms with Gasteiger partial charge in [-0.2, -0.15) is 5.10 Å². The SMILES string of the molecule is NNC(=O)CN1c2c(-c3ccccc3)n[nH]c2-c2ccccc2S1(=O)=O. The first-order chi connectivity index (χ1) is 12.5. The fourth-order valence-corrected chi connectivity index (χ4v) is 4.68. The quantitative estimate of drug-likeness (QED) is 0.364. The van der Waals surface area contributed by atoms with Gasteiger partial charge in [0, 0.05) is 11.1 Å². The summed E-state index contributed by atoms with van der Waals surface area (Å²) in [7, 11) is -3.94. The highest BCUT2D eigenvalue weighted by atomic mass is 32.2. The predicted molar refractivity (Wildman–Crippen MR) is 96.3 cm³/mol. The zero-order valence-corrected chi connectivity index (χ0v) is 14.3. The van der Waals surface area contributed by atoms with E-state index in [1.807, 2.05) is 35.8 Å². The molecule has 0 radical (unpaired) electrons. The van der Waals surface area contributed by atoms with Crippen molar-refractivity contribution < 1.29 is 13.2 Å². The van der Waals surface area contributed by atoms with Crippen LogP contribution in [0.1, 0.15) is 0 Å². The Bertz CT molecular complexity index is 1080. The fraction of sp³-hybridized carbons (Fsp3) is 0.0588. The van der Waals surface area contributed by atoms with Crippen LogP contribution in [0.15, 0.2) is 59.5 Å². The van der Waals surface area contributed by atoms with Crippen molar-refractivity contribution in [1.29, 1.82) is 0 Å². The van der Waals surface area contributed by atoms with Gasteiger partial charge in [0.25, 0.3) is 15.9 Å². The molecule has 0 atom stereocenters. The van der Waals surface area contributed by atoms with Crippen LogP contribution in [0.4, 0.5) is 5.69 Å². The van der Waals surface area contributed by atoms with Gasteiger partial charge in [-0.05, 0) is 6.07 Å². The molecule has 9 heteroatoms. The van der Waals surface area contributed by atoms with Gasteiger partial charge in [-0.1, -0.05) is 48.5 Å². The molecule has 0 fully saturated rings. The van der Waals surface area contributed by atoms with E-state index in [9.17, 15) is 13.2 Å². The highest BCUT2D eigenvalue weighted by molar-refractivity contribution is 7.93. The van der Waals surface area contributed by atoms with Gasteiger partial charge < -0.3 is 0 Å². The number of H-pyrrole nitrogens is 1. The van der Waals surface area contributed by atoms with Crippen LogP contribution in [0.25, 0.3) is 22.5 Å². The number of hydrogen-bond donors (Lipinski definition) is 3. The molecule has 4 rings (SSSR count). The Labute approximate surface area is 149 Å². The molecule has 2 aromatic carbocycles. The van der Waals surface area contributed by atoms with E-state index in [1.54, 1.807) is 18.2 Å². The van der Waals surface area contributed by atoms with Gasteiger partial charge >= 0.3 is 0 Å². The lowest BCUT2D eigenvalue weighted by molar-refractivity contribution is -0.119. The minimum absolute atomic E-state index is 0.112. The summed E-state index contributed by atoms with van der Waals surface area (Å²) in [6.07, 6.45) is 0. The maximum atomic E-state index is 13.2. The Morgan fingerprint density at radius 2 is 1.81 bits per heavy atom. The van der Waals surface area contributed by atoms with Crippen LogP contribution >= 0.6 is 0 Å². The zero-order chi connectivity index (χ0) is 18.3. The first-order valence-corrected chi connectivity index (χ1v) is 9.23. The smallest absolute Gasteiger partial charge is 0.265 e. The lowest BCUT2D eigenvalue weighted by atomic mass is 10.1. The third-order valence-electron chi connectivity index (χ3n) is 4.21. The van der Waals surface area contributed by atoms with E-state index >= 15 is 0 Å². The number of carbonyl (C=O) groups is 1. The Hall–Kier alpha value is -3.17. The van der Waals surface area contributed by atoms with Gasteiger partial charge in [-0.25, -0.2) is 14.3 Å². The molecule has 0 spiro atoms. The Kier molecular flexibility index (Phi) is 3.74. The molecule has 132 valence electrons. The normalized spacial score (nSPS) is 14.4. The van der Waals surface area contributed by atoms with E-state index < -0.39 is 22.5 Å². The van der Waals surface area contributed by atoms with Crippen molar-refractivity contribution >= 4 is 21.6 Å². The van der Waals surface area contributed by atoms with Crippen molar-refractivity contribution in [3.8, 4) is 22.5 Å². The number of rotatable bonds is 3. The predicted octanol–water partition coefficient (Wildman–Crippen LogP) is 1.24. The van der Waals surface area contributed by atoms with Crippen molar-refractivity contribution in [2.75, 3.05) is 10.8 Å². The number of aromatic amines is 1. The summed E-state index contributed by atoms with van der Waals surface area (Å²) in [5, 5.41) is 7.24. The van der Waals surface area contributed by atoms with Gasteiger partial charge in [-0.15, -0.1) is 0 Å². The van der Waals surface area contributed by atoms with Crippen molar-refractivity contribution in [3.05, 3.63) is 54.6 Å². The van der Waals surface area contributed by atoms with Crippen LogP contribution in [0.3, 0.4) is 0 Å². The third-order valence-corrected chi connectivity index (χ3v) is 6.01. The monoisotopic (exact) mass is 369 g/mol. The molecule has 3 aromatic rings. The number of benzene rings is 2. The number of nitrogens with zero attached hydrogens (tertiary/aromatic N) is 2. The Balaban J connectivity index is 2.01. The van der Waals surface area contributed by atoms with Gasteiger partial charge in [0.15, 0.2) is 0 Å². The Morgan fingerprint density at radius 1 is 1.12 bits per heavy atom. The molecular weight excluding hydrogens is 354 g/mol. The van der Waals surface area contributed by atoms with Crippen LogP contribution in [0.2, 0.25) is 0 Å². The van der Waals surface area contributed by atoms with Crippen molar-refractivity contribution in [2.24, 2.45) is 5.84 Å². The minimum Gasteiger partial charge on any atom is -0.293 e. The number of carbonyl (C=O) groups excluding carboxylic acids is 1. The van der Waals surface area contributed by atoms with Crippen LogP contribution in [0.5, 0.6) is 0 Å². The first-order valence-electron chi connectivity index (χ1n) is 7.79. The molecule has 0 saturated heterocycles. The summed E-state index contributed by atoms with van der Waals surface area (Å²) in [5.41, 5.74) is 4.55. The molecule has 2 heterocycles. The molecule has 0 bridgehead atoms. The number of sulfonamides is 1. The molecule has 1 aromatic heterocycles. The molecule has 26 heavy (non-hydrogen) atoms. The standard InChI is InChI=1S/C17H15N5O3S/c18-19-14(23)10-22-17-15(11-6-2-1-3-7-11)20-21-16(17)12-8-4-5-9-13(12)26(22,24)25/h1-9H,10,18H2,(H,19,23)(H,20,21). The number of amides is 1. The molecular formula is C17H15N5O3S. The molecule has 0 unspecified atom stereocenters. The summed E-state index contributed by atoms with van der Waals surface area (Å²) in [6, 6.07) is 15.8. The number of hydrogen-bond acceptors (Lipinski definition) is 5. The highest BCUT2D eigenvalue weighted by Gasteiger charge is 2.39. The summed E-state index contributed by atoms with van der Waals surface area (Å²) in [4.78, 5) is 12.0. The van der Waals surface area contributed by atoms with Crippen LogP contribution in [0, 0.1) is 0 Å². The molecule has 8 nitrogen and oxygen atoms in total. The molecule has 0 saturated carbocycles. The van der Waals surface area contributed by atoms with E-state index in [-0.39, 0.29) is 4.90 Å². The van der Waals surface area contributed by atoms with Crippen LogP contribution < -0.4 is 15.6 Å². The van der Waals surface area contributed by atoms with E-state index in [4.69, 9.17) is 5.84 Å². The van der Waals surface area contributed by atoms with E-state index in [1.165, 1.54) is 6.07 Å². The highest BCUT2D eigenvalue weighted by Crippen LogP contribution is 2.46. The van der Waals surface area contributed by atoms with Crippen molar-refractivity contribution in [3.63, 3.8) is 0 Å². The van der Waals surface area contributed by atoms with Crippen LogP contribution in [-0.2, 0) is 14.8 Å². The van der Waals surface area contributed by atoms with Crippen molar-refractivity contribution in [1.82, 2.24) is 15.6 Å². The van der Waals surface area contributed by atoms with Gasteiger partial charge in [-0.3, -0.25) is 19.6 Å². The maximum absolute atomic E-state index is 13.2. The summed E-state index contributed by atoms with van der Waals surface area (Å²) >= 11 is 0. The minimum atomic E-state index is -3.94. The lowest BCUT2D eigenvalue weighted by Crippen LogP contribution is -2.44. The average molecular weight is 369 g/mol. The van der Waals surface area contributed by atoms with E-state index in [0.717, 1.165) is 9.87 Å². The number of fused-ring (bicyclic) bond motifs is 3. The largest absolute Gasteiger partial charge is 0.293 e. The molecule has 1 amide bonds. The zero-order valence-electron chi connectivity index (χ0n) is 13.5. The van der Waals surface area contributed by atoms with E-state index in [0.29, 0.717) is 22.6 Å². The Morgan fingerprint density at radius 3 is 2.54 bits per heavy atom. The number of nitrogens with one attached hydrogen (secondary N) is 2. The van der Waals surface area contributed by atoms with E-state index in [2.05, 4.69) is 10.2 Å².